The van der Waals surface area contributed by atoms with Gasteiger partial charge in [0.25, 0.3) is 15.9 Å². The molecule has 1 saturated heterocycles. The minimum Gasteiger partial charge on any atom is -0.494 e. The summed E-state index contributed by atoms with van der Waals surface area (Å²) in [5.41, 5.74) is 0.828. The molecular weight excluding hydrogens is 376 g/mol. The molecule has 1 N–H and O–H groups in total. The molecule has 0 bridgehead atoms. The first-order chi connectivity index (χ1) is 13.4. The quantitative estimate of drug-likeness (QED) is 0.798. The maximum atomic E-state index is 12.8. The summed E-state index contributed by atoms with van der Waals surface area (Å²) in [4.78, 5) is 14.7. The largest absolute Gasteiger partial charge is 0.494 e. The molecular formula is C21H26N2O4S. The Bertz CT molecular complexity index is 926. The third kappa shape index (κ3) is 4.84. The molecule has 0 saturated carbocycles. The topological polar surface area (TPSA) is 75.7 Å². The molecule has 150 valence electrons. The van der Waals surface area contributed by atoms with Crippen LogP contribution in [0.3, 0.4) is 0 Å². The second-order valence-electron chi connectivity index (χ2n) is 7.09. The van der Waals surface area contributed by atoms with Crippen LogP contribution in [0.15, 0.2) is 53.4 Å². The second-order valence-corrected chi connectivity index (χ2v) is 8.77. The van der Waals surface area contributed by atoms with Gasteiger partial charge in [-0.15, -0.1) is 0 Å². The fourth-order valence-corrected chi connectivity index (χ4v) is 4.46. The Morgan fingerprint density at radius 1 is 1.21 bits per heavy atom. The van der Waals surface area contributed by atoms with Crippen molar-refractivity contribution in [2.45, 2.75) is 31.6 Å². The van der Waals surface area contributed by atoms with Crippen molar-refractivity contribution in [1.29, 1.82) is 0 Å². The van der Waals surface area contributed by atoms with E-state index in [9.17, 15) is 13.2 Å². The Morgan fingerprint density at radius 3 is 2.64 bits per heavy atom. The first-order valence-corrected chi connectivity index (χ1v) is 11.0. The highest BCUT2D eigenvalue weighted by molar-refractivity contribution is 7.92. The van der Waals surface area contributed by atoms with Crippen molar-refractivity contribution in [3.05, 3.63) is 54.1 Å². The molecule has 1 aliphatic rings. The zero-order valence-corrected chi connectivity index (χ0v) is 17.0. The minimum atomic E-state index is -3.80. The molecule has 6 nitrogen and oxygen atoms in total. The molecule has 0 aliphatic carbocycles. The Kier molecular flexibility index (Phi) is 6.24. The molecule has 1 atom stereocenters. The number of hydrogen-bond acceptors (Lipinski definition) is 4. The van der Waals surface area contributed by atoms with Gasteiger partial charge in [0, 0.05) is 24.3 Å². The lowest BCUT2D eigenvalue weighted by molar-refractivity contribution is 0.0683. The average Bonchev–Trinajstić information content (AvgIpc) is 2.69. The van der Waals surface area contributed by atoms with E-state index in [1.165, 1.54) is 12.1 Å². The van der Waals surface area contributed by atoms with Gasteiger partial charge in [-0.1, -0.05) is 13.0 Å². The lowest BCUT2D eigenvalue weighted by Crippen LogP contribution is -2.39. The highest BCUT2D eigenvalue weighted by atomic mass is 32.2. The summed E-state index contributed by atoms with van der Waals surface area (Å²) in [6.45, 7) is 5.98. The van der Waals surface area contributed by atoms with Crippen LogP contribution in [-0.4, -0.2) is 38.9 Å². The molecule has 1 amide bonds. The van der Waals surface area contributed by atoms with E-state index in [4.69, 9.17) is 4.74 Å². The van der Waals surface area contributed by atoms with Crippen LogP contribution < -0.4 is 9.46 Å². The van der Waals surface area contributed by atoms with Crippen LogP contribution in [-0.2, 0) is 10.0 Å². The van der Waals surface area contributed by atoms with Gasteiger partial charge in [0.05, 0.1) is 11.5 Å². The molecule has 28 heavy (non-hydrogen) atoms. The van der Waals surface area contributed by atoms with Crippen LogP contribution in [0, 0.1) is 5.92 Å². The molecule has 0 spiro atoms. The van der Waals surface area contributed by atoms with E-state index < -0.39 is 10.0 Å². The summed E-state index contributed by atoms with van der Waals surface area (Å²) in [6, 6.07) is 12.9. The summed E-state index contributed by atoms with van der Waals surface area (Å²) in [5.74, 6) is 1.02. The van der Waals surface area contributed by atoms with E-state index in [1.54, 1.807) is 41.3 Å². The van der Waals surface area contributed by atoms with Gasteiger partial charge in [-0.3, -0.25) is 9.52 Å². The van der Waals surface area contributed by atoms with E-state index >= 15 is 0 Å². The summed E-state index contributed by atoms with van der Waals surface area (Å²) in [7, 11) is -3.80. The SMILES string of the molecule is CCOc1ccc(NS(=O)(=O)c2cccc(C(=O)N3CCCC(C)C3)c2)cc1. The van der Waals surface area contributed by atoms with Gasteiger partial charge in [-0.25, -0.2) is 8.42 Å². The maximum Gasteiger partial charge on any atom is 0.261 e. The van der Waals surface area contributed by atoms with Crippen LogP contribution in [0.1, 0.15) is 37.0 Å². The molecule has 1 fully saturated rings. The fourth-order valence-electron chi connectivity index (χ4n) is 3.35. The second kappa shape index (κ2) is 8.65. The zero-order valence-electron chi connectivity index (χ0n) is 16.2. The van der Waals surface area contributed by atoms with E-state index in [0.717, 1.165) is 12.8 Å². The summed E-state index contributed by atoms with van der Waals surface area (Å²) < 4.78 is 33.4. The number of rotatable bonds is 6. The van der Waals surface area contributed by atoms with E-state index in [1.807, 2.05) is 6.92 Å². The molecule has 0 radical (unpaired) electrons. The predicted molar refractivity (Wildman–Crippen MR) is 109 cm³/mol. The number of carbonyl (C=O) groups excluding carboxylic acids is 1. The monoisotopic (exact) mass is 402 g/mol. The van der Waals surface area contributed by atoms with Gasteiger partial charge in [-0.05, 0) is 68.1 Å². The predicted octanol–water partition coefficient (Wildman–Crippen LogP) is 3.76. The van der Waals surface area contributed by atoms with Crippen molar-refractivity contribution in [3.63, 3.8) is 0 Å². The molecule has 1 heterocycles. The zero-order chi connectivity index (χ0) is 20.1. The Balaban J connectivity index is 1.77. The number of carbonyl (C=O) groups is 1. The number of piperidine rings is 1. The van der Waals surface area contributed by atoms with Crippen molar-refractivity contribution in [1.82, 2.24) is 4.90 Å². The lowest BCUT2D eigenvalue weighted by Gasteiger charge is -2.31. The Morgan fingerprint density at radius 2 is 1.96 bits per heavy atom. The third-order valence-corrected chi connectivity index (χ3v) is 6.13. The van der Waals surface area contributed by atoms with Gasteiger partial charge in [-0.2, -0.15) is 0 Å². The van der Waals surface area contributed by atoms with E-state index in [0.29, 0.717) is 42.6 Å². The smallest absolute Gasteiger partial charge is 0.261 e. The molecule has 0 aromatic heterocycles. The summed E-state index contributed by atoms with van der Waals surface area (Å²) in [5, 5.41) is 0. The number of nitrogens with zero attached hydrogens (tertiary/aromatic N) is 1. The average molecular weight is 403 g/mol. The Hall–Kier alpha value is -2.54. The third-order valence-electron chi connectivity index (χ3n) is 4.75. The van der Waals surface area contributed by atoms with Gasteiger partial charge < -0.3 is 9.64 Å². The first-order valence-electron chi connectivity index (χ1n) is 9.54. The molecule has 1 aliphatic heterocycles. The number of nitrogens with one attached hydrogen (secondary N) is 1. The van der Waals surface area contributed by atoms with Crippen molar-refractivity contribution in [3.8, 4) is 5.75 Å². The normalized spacial score (nSPS) is 17.2. The standard InChI is InChI=1S/C21H26N2O4S/c1-3-27-19-11-9-18(10-12-19)22-28(25,26)20-8-4-7-17(14-20)21(24)23-13-5-6-16(2)15-23/h4,7-12,14,16,22H,3,5-6,13,15H2,1-2H3. The number of sulfonamides is 1. The van der Waals surface area contributed by atoms with E-state index in [-0.39, 0.29) is 10.8 Å². The first kappa shape index (κ1) is 20.2. The van der Waals surface area contributed by atoms with Gasteiger partial charge >= 0.3 is 0 Å². The van der Waals surface area contributed by atoms with Gasteiger partial charge in [0.1, 0.15) is 5.75 Å². The maximum absolute atomic E-state index is 12.8. The number of ether oxygens (including phenoxy) is 1. The summed E-state index contributed by atoms with van der Waals surface area (Å²) in [6.07, 6.45) is 2.09. The van der Waals surface area contributed by atoms with Crippen LogP contribution in [0.5, 0.6) is 5.75 Å². The van der Waals surface area contributed by atoms with Crippen LogP contribution >= 0.6 is 0 Å². The Labute approximate surface area is 166 Å². The van der Waals surface area contributed by atoms with Crippen LogP contribution in [0.25, 0.3) is 0 Å². The molecule has 2 aromatic carbocycles. The minimum absolute atomic E-state index is 0.0669. The highest BCUT2D eigenvalue weighted by Crippen LogP contribution is 2.22. The molecule has 1 unspecified atom stereocenters. The van der Waals surface area contributed by atoms with E-state index in [2.05, 4.69) is 11.6 Å². The number of amides is 1. The van der Waals surface area contributed by atoms with Crippen molar-refractivity contribution < 1.29 is 17.9 Å². The highest BCUT2D eigenvalue weighted by Gasteiger charge is 2.23. The van der Waals surface area contributed by atoms with Crippen LogP contribution in [0.2, 0.25) is 0 Å². The summed E-state index contributed by atoms with van der Waals surface area (Å²) >= 11 is 0. The van der Waals surface area contributed by atoms with Crippen molar-refractivity contribution >= 4 is 21.6 Å². The van der Waals surface area contributed by atoms with Crippen molar-refractivity contribution in [2.24, 2.45) is 5.92 Å². The number of anilines is 1. The van der Waals surface area contributed by atoms with Crippen molar-refractivity contribution in [2.75, 3.05) is 24.4 Å². The van der Waals surface area contributed by atoms with Crippen LogP contribution in [0.4, 0.5) is 5.69 Å². The van der Waals surface area contributed by atoms with Gasteiger partial charge in [0.2, 0.25) is 0 Å². The molecule has 7 heteroatoms. The number of benzene rings is 2. The number of likely N-dealkylation sites (tertiary alicyclic amines) is 1. The molecule has 2 aromatic rings. The number of hydrogen-bond donors (Lipinski definition) is 1. The molecule has 3 rings (SSSR count). The lowest BCUT2D eigenvalue weighted by atomic mass is 9.99. The fraction of sp³-hybridized carbons (Fsp3) is 0.381. The van der Waals surface area contributed by atoms with Gasteiger partial charge in [0.15, 0.2) is 0 Å².